The summed E-state index contributed by atoms with van der Waals surface area (Å²) < 4.78 is 0. The van der Waals surface area contributed by atoms with Crippen molar-refractivity contribution in [3.05, 3.63) is 70.2 Å². The van der Waals surface area contributed by atoms with Crippen molar-refractivity contribution < 1.29 is 9.90 Å². The molecule has 7 heteroatoms. The summed E-state index contributed by atoms with van der Waals surface area (Å²) in [6.07, 6.45) is 1.47. The van der Waals surface area contributed by atoms with E-state index in [1.165, 1.54) is 29.7 Å². The Kier molecular flexibility index (Phi) is 4.88. The zero-order valence-corrected chi connectivity index (χ0v) is 13.9. The second-order valence-electron chi connectivity index (χ2n) is 4.83. The lowest BCUT2D eigenvalue weighted by molar-refractivity contribution is 0.0954. The molecule has 0 radical (unpaired) electrons. The van der Waals surface area contributed by atoms with Gasteiger partial charge in [-0.1, -0.05) is 29.8 Å². The second-order valence-corrected chi connectivity index (χ2v) is 6.13. The van der Waals surface area contributed by atoms with E-state index in [-0.39, 0.29) is 5.75 Å². The summed E-state index contributed by atoms with van der Waals surface area (Å²) >= 11 is 7.34. The van der Waals surface area contributed by atoms with E-state index >= 15 is 0 Å². The minimum Gasteiger partial charge on any atom is -0.508 e. The maximum absolute atomic E-state index is 11.9. The van der Waals surface area contributed by atoms with E-state index in [4.69, 9.17) is 11.6 Å². The lowest BCUT2D eigenvalue weighted by atomic mass is 10.2. The zero-order chi connectivity index (χ0) is 16.9. The number of benzene rings is 2. The molecule has 0 fully saturated rings. The van der Waals surface area contributed by atoms with Crippen molar-refractivity contribution >= 4 is 35.1 Å². The summed E-state index contributed by atoms with van der Waals surface area (Å²) in [5.74, 6) is -0.381. The minimum atomic E-state index is -0.407. The van der Waals surface area contributed by atoms with Gasteiger partial charge in [0, 0.05) is 21.5 Å². The molecule has 1 aromatic heterocycles. The maximum atomic E-state index is 11.9. The highest BCUT2D eigenvalue weighted by Crippen LogP contribution is 2.24. The number of aromatic hydroxyl groups is 1. The molecule has 1 heterocycles. The Morgan fingerprint density at radius 2 is 2.04 bits per heavy atom. The van der Waals surface area contributed by atoms with Crippen molar-refractivity contribution in [2.24, 2.45) is 5.10 Å². The molecule has 0 spiro atoms. The summed E-state index contributed by atoms with van der Waals surface area (Å²) in [4.78, 5) is 16.3. The molecule has 2 aromatic carbocycles. The fourth-order valence-corrected chi connectivity index (χ4v) is 2.84. The summed E-state index contributed by atoms with van der Waals surface area (Å²) in [6, 6.07) is 13.4. The number of aromatic nitrogens is 1. The smallest absolute Gasteiger partial charge is 0.271 e. The van der Waals surface area contributed by atoms with Gasteiger partial charge in [-0.15, -0.1) is 11.3 Å². The fourth-order valence-electron chi connectivity index (χ4n) is 1.94. The predicted molar refractivity (Wildman–Crippen MR) is 95.7 cm³/mol. The average Bonchev–Trinajstić information content (AvgIpc) is 3.04. The molecule has 0 aliphatic rings. The van der Waals surface area contributed by atoms with Crippen LogP contribution in [0.1, 0.15) is 16.1 Å². The number of phenols is 1. The van der Waals surface area contributed by atoms with E-state index in [1.54, 1.807) is 12.1 Å². The minimum absolute atomic E-state index is 0.0266. The van der Waals surface area contributed by atoms with E-state index in [9.17, 15) is 9.90 Å². The van der Waals surface area contributed by atoms with Crippen LogP contribution in [0.2, 0.25) is 5.02 Å². The number of carbonyl (C=O) groups excluding carboxylic acids is 1. The monoisotopic (exact) mass is 357 g/mol. The Bertz CT molecular complexity index is 891. The number of nitrogens with zero attached hydrogens (tertiary/aromatic N) is 2. The quantitative estimate of drug-likeness (QED) is 0.548. The molecule has 2 N–H and O–H groups in total. The molecular weight excluding hydrogens is 346 g/mol. The van der Waals surface area contributed by atoms with Gasteiger partial charge in [0.1, 0.15) is 10.8 Å². The molecule has 0 saturated carbocycles. The number of thiazole rings is 1. The maximum Gasteiger partial charge on any atom is 0.271 e. The number of nitrogens with one attached hydrogen (secondary N) is 1. The van der Waals surface area contributed by atoms with Crippen molar-refractivity contribution in [1.29, 1.82) is 0 Å². The number of hydrazone groups is 1. The Morgan fingerprint density at radius 3 is 2.79 bits per heavy atom. The van der Waals surface area contributed by atoms with Crippen LogP contribution < -0.4 is 5.43 Å². The topological polar surface area (TPSA) is 74.6 Å². The molecule has 1 amide bonds. The van der Waals surface area contributed by atoms with Crippen molar-refractivity contribution in [1.82, 2.24) is 10.4 Å². The molecule has 120 valence electrons. The molecule has 24 heavy (non-hydrogen) atoms. The number of phenolic OH excluding ortho intramolecular Hbond substituents is 1. The first-order valence-electron chi connectivity index (χ1n) is 6.96. The van der Waals surface area contributed by atoms with Crippen LogP contribution in [0.3, 0.4) is 0 Å². The number of carbonyl (C=O) groups is 1. The Labute approximate surface area is 147 Å². The van der Waals surface area contributed by atoms with Crippen molar-refractivity contribution in [2.75, 3.05) is 0 Å². The van der Waals surface area contributed by atoms with E-state index in [1.807, 2.05) is 29.6 Å². The highest BCUT2D eigenvalue weighted by molar-refractivity contribution is 7.13. The second kappa shape index (κ2) is 7.25. The first kappa shape index (κ1) is 16.2. The first-order valence-corrected chi connectivity index (χ1v) is 8.21. The van der Waals surface area contributed by atoms with Gasteiger partial charge in [0.15, 0.2) is 0 Å². The van der Waals surface area contributed by atoms with Crippen LogP contribution in [-0.4, -0.2) is 22.2 Å². The third-order valence-electron chi connectivity index (χ3n) is 3.08. The molecule has 0 unspecified atom stereocenters. The Balaban J connectivity index is 1.65. The number of hydrogen-bond donors (Lipinski definition) is 2. The van der Waals surface area contributed by atoms with Crippen molar-refractivity contribution in [3.63, 3.8) is 0 Å². The van der Waals surface area contributed by atoms with Crippen molar-refractivity contribution in [3.8, 4) is 16.3 Å². The van der Waals surface area contributed by atoms with E-state index in [0.29, 0.717) is 16.3 Å². The van der Waals surface area contributed by atoms with E-state index < -0.39 is 5.91 Å². The van der Waals surface area contributed by atoms with Gasteiger partial charge in [0.2, 0.25) is 0 Å². The number of hydrogen-bond acceptors (Lipinski definition) is 5. The summed E-state index contributed by atoms with van der Waals surface area (Å²) in [5, 5.41) is 16.6. The molecule has 5 nitrogen and oxygen atoms in total. The molecule has 0 aliphatic carbocycles. The molecule has 3 rings (SSSR count). The molecule has 0 aliphatic heterocycles. The predicted octanol–water partition coefficient (Wildman–Crippen LogP) is 3.93. The number of rotatable bonds is 4. The lowest BCUT2D eigenvalue weighted by Crippen LogP contribution is -2.17. The Hall–Kier alpha value is -2.70. The average molecular weight is 358 g/mol. The van der Waals surface area contributed by atoms with Crippen LogP contribution in [0.4, 0.5) is 0 Å². The first-order chi connectivity index (χ1) is 11.6. The van der Waals surface area contributed by atoms with Gasteiger partial charge in [-0.2, -0.15) is 5.10 Å². The van der Waals surface area contributed by atoms with Crippen LogP contribution in [0.25, 0.3) is 10.6 Å². The largest absolute Gasteiger partial charge is 0.508 e. The van der Waals surface area contributed by atoms with Gasteiger partial charge < -0.3 is 5.11 Å². The van der Waals surface area contributed by atoms with Gasteiger partial charge >= 0.3 is 0 Å². The van der Waals surface area contributed by atoms with Gasteiger partial charge in [-0.05, 0) is 30.3 Å². The SMILES string of the molecule is O=C(N/N=C\c1csc(-c2ccc(Cl)cc2)n1)c1cccc(O)c1. The van der Waals surface area contributed by atoms with Gasteiger partial charge in [-0.25, -0.2) is 10.4 Å². The van der Waals surface area contributed by atoms with Crippen LogP contribution in [0, 0.1) is 0 Å². The third-order valence-corrected chi connectivity index (χ3v) is 4.25. The zero-order valence-electron chi connectivity index (χ0n) is 12.3. The van der Waals surface area contributed by atoms with Crippen LogP contribution in [0.5, 0.6) is 5.75 Å². The third kappa shape index (κ3) is 3.98. The van der Waals surface area contributed by atoms with Crippen LogP contribution in [0.15, 0.2) is 59.0 Å². The van der Waals surface area contributed by atoms with E-state index in [2.05, 4.69) is 15.5 Å². The normalized spacial score (nSPS) is 10.9. The number of amides is 1. The number of halogens is 1. The summed E-state index contributed by atoms with van der Waals surface area (Å²) in [5.41, 5.74) is 4.33. The summed E-state index contributed by atoms with van der Waals surface area (Å²) in [6.45, 7) is 0. The summed E-state index contributed by atoms with van der Waals surface area (Å²) in [7, 11) is 0. The van der Waals surface area contributed by atoms with Gasteiger partial charge in [-0.3, -0.25) is 4.79 Å². The van der Waals surface area contributed by atoms with Crippen LogP contribution >= 0.6 is 22.9 Å². The van der Waals surface area contributed by atoms with Gasteiger partial charge in [0.25, 0.3) is 5.91 Å². The van der Waals surface area contributed by atoms with Crippen LogP contribution in [-0.2, 0) is 0 Å². The molecule has 0 atom stereocenters. The van der Waals surface area contributed by atoms with Gasteiger partial charge in [0.05, 0.1) is 11.9 Å². The fraction of sp³-hybridized carbons (Fsp3) is 0. The van der Waals surface area contributed by atoms with Crippen molar-refractivity contribution in [2.45, 2.75) is 0 Å². The lowest BCUT2D eigenvalue weighted by Gasteiger charge is -1.99. The molecule has 3 aromatic rings. The highest BCUT2D eigenvalue weighted by Gasteiger charge is 2.05. The standard InChI is InChI=1S/C17H12ClN3O2S/c18-13-6-4-11(5-7-13)17-20-14(10-24-17)9-19-21-16(23)12-2-1-3-15(22)8-12/h1-10,22H,(H,21,23)/b19-9-. The highest BCUT2D eigenvalue weighted by atomic mass is 35.5. The Morgan fingerprint density at radius 1 is 1.25 bits per heavy atom. The molecule has 0 bridgehead atoms. The van der Waals surface area contributed by atoms with E-state index in [0.717, 1.165) is 10.6 Å². The molecule has 0 saturated heterocycles. The molecular formula is C17H12ClN3O2S.